The number of nitrogen functional groups attached to an aromatic ring is 1. The van der Waals surface area contributed by atoms with Crippen LogP contribution in [-0.2, 0) is 14.8 Å². The molecule has 0 aliphatic carbocycles. The Hall–Kier alpha value is -2.60. The van der Waals surface area contributed by atoms with Crippen LogP contribution in [0.5, 0.6) is 0 Å². The maximum absolute atomic E-state index is 12.5. The van der Waals surface area contributed by atoms with Crippen molar-refractivity contribution < 1.29 is 13.2 Å². The third-order valence-corrected chi connectivity index (χ3v) is 7.33. The predicted octanol–water partition coefficient (Wildman–Crippen LogP) is 2.60. The highest BCUT2D eigenvalue weighted by Crippen LogP contribution is 2.25. The minimum absolute atomic E-state index is 0.00891. The molecule has 0 aliphatic rings. The van der Waals surface area contributed by atoms with Gasteiger partial charge >= 0.3 is 0 Å². The van der Waals surface area contributed by atoms with E-state index in [1.54, 1.807) is 37.3 Å². The van der Waals surface area contributed by atoms with Crippen LogP contribution in [0.25, 0.3) is 11.4 Å². The molecule has 164 valence electrons. The molecule has 0 bridgehead atoms. The van der Waals surface area contributed by atoms with Crippen molar-refractivity contribution in [3.05, 3.63) is 53.1 Å². The number of halogens is 1. The first-order valence-corrected chi connectivity index (χ1v) is 11.8. The van der Waals surface area contributed by atoms with Gasteiger partial charge in [-0.2, -0.15) is 0 Å². The van der Waals surface area contributed by atoms with Crippen LogP contribution in [-0.4, -0.2) is 53.4 Å². The lowest BCUT2D eigenvalue weighted by molar-refractivity contribution is -0.113. The van der Waals surface area contributed by atoms with Crippen LogP contribution < -0.4 is 11.2 Å². The number of amides is 1. The number of aromatic nitrogens is 3. The maximum Gasteiger partial charge on any atom is 0.242 e. The summed E-state index contributed by atoms with van der Waals surface area (Å²) in [5, 5.41) is 11.7. The van der Waals surface area contributed by atoms with Gasteiger partial charge in [0.05, 0.1) is 10.6 Å². The average molecular weight is 481 g/mol. The van der Waals surface area contributed by atoms with Gasteiger partial charge in [-0.3, -0.25) is 4.79 Å². The SMILES string of the molecule is Cc1ccc(S(=O)(=O)N(C)C)cc1NC(=O)CSc1nnc(-c2cccc(Cl)c2)n1N. The van der Waals surface area contributed by atoms with Crippen LogP contribution in [0.2, 0.25) is 5.02 Å². The Morgan fingerprint density at radius 3 is 2.65 bits per heavy atom. The van der Waals surface area contributed by atoms with Gasteiger partial charge in [0.25, 0.3) is 0 Å². The number of thioether (sulfide) groups is 1. The number of benzene rings is 2. The van der Waals surface area contributed by atoms with E-state index in [0.29, 0.717) is 27.3 Å². The third kappa shape index (κ3) is 5.18. The molecular weight excluding hydrogens is 460 g/mol. The maximum atomic E-state index is 12.5. The molecule has 0 saturated heterocycles. The summed E-state index contributed by atoms with van der Waals surface area (Å²) < 4.78 is 27.1. The Labute approximate surface area is 189 Å². The fourth-order valence-corrected chi connectivity index (χ4v) is 4.40. The largest absolute Gasteiger partial charge is 0.335 e. The molecule has 1 heterocycles. The summed E-state index contributed by atoms with van der Waals surface area (Å²) in [6.45, 7) is 1.78. The summed E-state index contributed by atoms with van der Waals surface area (Å²) in [5.74, 6) is 6.16. The van der Waals surface area contributed by atoms with Crippen molar-refractivity contribution in [3.8, 4) is 11.4 Å². The van der Waals surface area contributed by atoms with E-state index in [9.17, 15) is 13.2 Å². The van der Waals surface area contributed by atoms with Crippen molar-refractivity contribution in [1.29, 1.82) is 0 Å². The van der Waals surface area contributed by atoms with Crippen LogP contribution in [0.4, 0.5) is 5.69 Å². The number of carbonyl (C=O) groups excluding carboxylic acids is 1. The van der Waals surface area contributed by atoms with Crippen LogP contribution in [0.1, 0.15) is 5.56 Å². The van der Waals surface area contributed by atoms with E-state index in [1.165, 1.54) is 30.9 Å². The molecule has 3 rings (SSSR count). The molecule has 3 aromatic rings. The van der Waals surface area contributed by atoms with Crippen LogP contribution >= 0.6 is 23.4 Å². The zero-order valence-electron chi connectivity index (χ0n) is 17.0. The molecule has 0 atom stereocenters. The summed E-state index contributed by atoms with van der Waals surface area (Å²) in [6, 6.07) is 11.6. The number of rotatable bonds is 7. The quantitative estimate of drug-likeness (QED) is 0.393. The summed E-state index contributed by atoms with van der Waals surface area (Å²) in [5.41, 5.74) is 1.86. The average Bonchev–Trinajstić information content (AvgIpc) is 3.08. The van der Waals surface area contributed by atoms with Crippen molar-refractivity contribution in [2.45, 2.75) is 17.0 Å². The number of aryl methyl sites for hydroxylation is 1. The van der Waals surface area contributed by atoms with Crippen LogP contribution in [0, 0.1) is 6.92 Å². The fraction of sp³-hybridized carbons (Fsp3) is 0.211. The first-order chi connectivity index (χ1) is 14.6. The minimum Gasteiger partial charge on any atom is -0.335 e. The molecule has 1 aromatic heterocycles. The Bertz CT molecular complexity index is 1230. The first-order valence-electron chi connectivity index (χ1n) is 9.02. The fourth-order valence-electron chi connectivity index (χ4n) is 2.62. The second-order valence-electron chi connectivity index (χ2n) is 6.79. The highest BCUT2D eigenvalue weighted by atomic mass is 35.5. The summed E-state index contributed by atoms with van der Waals surface area (Å²) >= 11 is 7.11. The number of sulfonamides is 1. The Balaban J connectivity index is 1.70. The Morgan fingerprint density at radius 2 is 1.97 bits per heavy atom. The van der Waals surface area contributed by atoms with E-state index in [-0.39, 0.29) is 16.6 Å². The van der Waals surface area contributed by atoms with Crippen molar-refractivity contribution in [1.82, 2.24) is 19.2 Å². The molecular formula is C19H21ClN6O3S2. The zero-order chi connectivity index (χ0) is 22.8. The van der Waals surface area contributed by atoms with E-state index < -0.39 is 10.0 Å². The molecule has 0 aliphatic heterocycles. The molecule has 1 amide bonds. The number of nitrogens with two attached hydrogens (primary N) is 1. The zero-order valence-corrected chi connectivity index (χ0v) is 19.4. The van der Waals surface area contributed by atoms with E-state index in [2.05, 4.69) is 15.5 Å². The smallest absolute Gasteiger partial charge is 0.242 e. The molecule has 3 N–H and O–H groups in total. The first kappa shape index (κ1) is 23.1. The lowest BCUT2D eigenvalue weighted by Crippen LogP contribution is -2.23. The number of nitrogens with zero attached hydrogens (tertiary/aromatic N) is 4. The second-order valence-corrected chi connectivity index (χ2v) is 10.3. The van der Waals surface area contributed by atoms with Crippen molar-refractivity contribution in [2.24, 2.45) is 0 Å². The lowest BCUT2D eigenvalue weighted by atomic mass is 10.2. The topological polar surface area (TPSA) is 123 Å². The lowest BCUT2D eigenvalue weighted by Gasteiger charge is -2.14. The van der Waals surface area contributed by atoms with Crippen molar-refractivity contribution >= 4 is 45.0 Å². The van der Waals surface area contributed by atoms with E-state index in [1.807, 2.05) is 0 Å². The van der Waals surface area contributed by atoms with Gasteiger partial charge in [0, 0.05) is 30.4 Å². The van der Waals surface area contributed by atoms with Gasteiger partial charge in [-0.15, -0.1) is 10.2 Å². The van der Waals surface area contributed by atoms with Gasteiger partial charge in [-0.25, -0.2) is 17.4 Å². The highest BCUT2D eigenvalue weighted by Gasteiger charge is 2.19. The summed E-state index contributed by atoms with van der Waals surface area (Å²) in [4.78, 5) is 12.6. The predicted molar refractivity (Wildman–Crippen MR) is 122 cm³/mol. The molecule has 0 saturated carbocycles. The molecule has 0 radical (unpaired) electrons. The van der Waals surface area contributed by atoms with Gasteiger partial charge in [0.15, 0.2) is 5.82 Å². The number of anilines is 1. The minimum atomic E-state index is -3.61. The standard InChI is InChI=1S/C19H21ClN6O3S2/c1-12-7-8-15(31(28,29)25(2)3)10-16(12)22-17(27)11-30-19-24-23-18(26(19)21)13-5-4-6-14(20)9-13/h4-10H,11,21H2,1-3H3,(H,22,27). The third-order valence-electron chi connectivity index (χ3n) is 4.34. The molecule has 31 heavy (non-hydrogen) atoms. The monoisotopic (exact) mass is 480 g/mol. The normalized spacial score (nSPS) is 11.6. The van der Waals surface area contributed by atoms with Gasteiger partial charge in [0.2, 0.25) is 21.1 Å². The number of hydrogen-bond acceptors (Lipinski definition) is 7. The molecule has 2 aromatic carbocycles. The highest BCUT2D eigenvalue weighted by molar-refractivity contribution is 7.99. The van der Waals surface area contributed by atoms with Crippen molar-refractivity contribution in [3.63, 3.8) is 0 Å². The Kier molecular flexibility index (Phi) is 6.90. The number of nitrogens with one attached hydrogen (secondary N) is 1. The van der Waals surface area contributed by atoms with Gasteiger partial charge < -0.3 is 11.2 Å². The van der Waals surface area contributed by atoms with E-state index in [0.717, 1.165) is 21.6 Å². The van der Waals surface area contributed by atoms with Crippen molar-refractivity contribution in [2.75, 3.05) is 31.0 Å². The second kappa shape index (κ2) is 9.27. The van der Waals surface area contributed by atoms with Crippen LogP contribution in [0.15, 0.2) is 52.5 Å². The molecule has 12 heteroatoms. The van der Waals surface area contributed by atoms with Gasteiger partial charge in [0.1, 0.15) is 0 Å². The van der Waals surface area contributed by atoms with Gasteiger partial charge in [-0.1, -0.05) is 41.6 Å². The molecule has 9 nitrogen and oxygen atoms in total. The summed E-state index contributed by atoms with van der Waals surface area (Å²) in [7, 11) is -0.712. The van der Waals surface area contributed by atoms with Crippen LogP contribution in [0.3, 0.4) is 0 Å². The molecule has 0 spiro atoms. The van der Waals surface area contributed by atoms with E-state index >= 15 is 0 Å². The van der Waals surface area contributed by atoms with E-state index in [4.69, 9.17) is 17.4 Å². The number of carbonyl (C=O) groups is 1. The summed E-state index contributed by atoms with van der Waals surface area (Å²) in [6.07, 6.45) is 0. The molecule has 0 fully saturated rings. The number of hydrogen-bond donors (Lipinski definition) is 2. The molecule has 0 unspecified atom stereocenters. The van der Waals surface area contributed by atoms with Gasteiger partial charge in [-0.05, 0) is 36.8 Å². The Morgan fingerprint density at radius 1 is 1.23 bits per heavy atom.